The van der Waals surface area contributed by atoms with E-state index in [0.29, 0.717) is 22.3 Å². The number of carbonyl (C=O) groups is 2. The van der Waals surface area contributed by atoms with Crippen molar-refractivity contribution in [2.75, 3.05) is 11.9 Å². The van der Waals surface area contributed by atoms with Crippen LogP contribution in [0.1, 0.15) is 25.7 Å². The van der Waals surface area contributed by atoms with E-state index in [-0.39, 0.29) is 30.2 Å². The molecule has 1 N–H and O–H groups in total. The molecule has 0 radical (unpaired) electrons. The van der Waals surface area contributed by atoms with Crippen molar-refractivity contribution in [2.24, 2.45) is 5.92 Å². The Kier molecular flexibility index (Phi) is 4.93. The van der Waals surface area contributed by atoms with Crippen LogP contribution in [0.2, 0.25) is 10.0 Å². The molecule has 1 aromatic carbocycles. The van der Waals surface area contributed by atoms with Gasteiger partial charge in [0.25, 0.3) is 0 Å². The Labute approximate surface area is 145 Å². The van der Waals surface area contributed by atoms with Crippen molar-refractivity contribution < 1.29 is 9.59 Å². The van der Waals surface area contributed by atoms with Gasteiger partial charge in [-0.3, -0.25) is 9.59 Å². The molecule has 0 aromatic heterocycles. The van der Waals surface area contributed by atoms with E-state index in [0.717, 1.165) is 19.3 Å². The van der Waals surface area contributed by atoms with Crippen molar-refractivity contribution in [3.05, 3.63) is 40.4 Å². The zero-order chi connectivity index (χ0) is 16.4. The number of hydrogen-bond donors (Lipinski definition) is 1. The zero-order valence-electron chi connectivity index (χ0n) is 12.6. The summed E-state index contributed by atoms with van der Waals surface area (Å²) in [6, 6.07) is 5.12. The van der Waals surface area contributed by atoms with Crippen molar-refractivity contribution in [3.8, 4) is 0 Å². The molecule has 122 valence electrons. The second kappa shape index (κ2) is 6.93. The molecule has 4 nitrogen and oxygen atoms in total. The Morgan fingerprint density at radius 2 is 1.91 bits per heavy atom. The molecule has 6 heteroatoms. The number of amides is 2. The van der Waals surface area contributed by atoms with Gasteiger partial charge in [-0.15, -0.1) is 0 Å². The molecule has 0 unspecified atom stereocenters. The van der Waals surface area contributed by atoms with Crippen LogP contribution in [0, 0.1) is 5.92 Å². The SMILES string of the molecule is O=C(Nc1cc(Cl)cc(Cl)c1)[C@H]1CC(=O)N([C@@H]2CC=CCC2)C1. The summed E-state index contributed by atoms with van der Waals surface area (Å²) in [6.07, 6.45) is 7.37. The highest BCUT2D eigenvalue weighted by molar-refractivity contribution is 6.35. The summed E-state index contributed by atoms with van der Waals surface area (Å²) in [5, 5.41) is 3.74. The molecule has 1 aliphatic carbocycles. The average molecular weight is 353 g/mol. The summed E-state index contributed by atoms with van der Waals surface area (Å²) in [6.45, 7) is 0.484. The third kappa shape index (κ3) is 3.88. The molecule has 1 aromatic rings. The van der Waals surface area contributed by atoms with E-state index < -0.39 is 0 Å². The van der Waals surface area contributed by atoms with Crippen LogP contribution >= 0.6 is 23.2 Å². The van der Waals surface area contributed by atoms with Gasteiger partial charge in [0.15, 0.2) is 0 Å². The molecule has 1 heterocycles. The highest BCUT2D eigenvalue weighted by Gasteiger charge is 2.37. The minimum Gasteiger partial charge on any atom is -0.339 e. The number of allylic oxidation sites excluding steroid dienone is 1. The van der Waals surface area contributed by atoms with Crippen molar-refractivity contribution in [1.82, 2.24) is 4.90 Å². The van der Waals surface area contributed by atoms with Gasteiger partial charge in [0, 0.05) is 34.7 Å². The molecule has 0 saturated carbocycles. The van der Waals surface area contributed by atoms with Crippen molar-refractivity contribution in [1.29, 1.82) is 0 Å². The van der Waals surface area contributed by atoms with Crippen molar-refractivity contribution in [2.45, 2.75) is 31.7 Å². The molecule has 2 aliphatic rings. The normalized spacial score (nSPS) is 24.1. The Hall–Kier alpha value is -1.52. The van der Waals surface area contributed by atoms with E-state index in [2.05, 4.69) is 17.5 Å². The standard InChI is InChI=1S/C17H18Cl2N2O2/c18-12-7-13(19)9-14(8-12)20-17(23)11-6-16(22)21(10-11)15-4-2-1-3-5-15/h1-2,7-9,11,15H,3-6,10H2,(H,20,23)/t11-,15+/m0/s1. The third-order valence-corrected chi connectivity index (χ3v) is 4.78. The predicted molar refractivity (Wildman–Crippen MR) is 91.7 cm³/mol. The van der Waals surface area contributed by atoms with Gasteiger partial charge in [-0.1, -0.05) is 35.4 Å². The summed E-state index contributed by atoms with van der Waals surface area (Å²) in [5.74, 6) is -0.425. The number of hydrogen-bond acceptors (Lipinski definition) is 2. The maximum atomic E-state index is 12.4. The first-order chi connectivity index (χ1) is 11.0. The van der Waals surface area contributed by atoms with Gasteiger partial charge in [0.1, 0.15) is 0 Å². The zero-order valence-corrected chi connectivity index (χ0v) is 14.1. The highest BCUT2D eigenvalue weighted by Crippen LogP contribution is 2.28. The van der Waals surface area contributed by atoms with Gasteiger partial charge in [-0.2, -0.15) is 0 Å². The Bertz CT molecular complexity index is 640. The van der Waals surface area contributed by atoms with Crippen LogP contribution in [0.3, 0.4) is 0 Å². The largest absolute Gasteiger partial charge is 0.339 e. The van der Waals surface area contributed by atoms with Gasteiger partial charge >= 0.3 is 0 Å². The van der Waals surface area contributed by atoms with E-state index in [1.54, 1.807) is 18.2 Å². The Balaban J connectivity index is 1.64. The lowest BCUT2D eigenvalue weighted by molar-refractivity contribution is -0.130. The van der Waals surface area contributed by atoms with Gasteiger partial charge in [-0.25, -0.2) is 0 Å². The minimum absolute atomic E-state index is 0.0644. The first-order valence-corrected chi connectivity index (χ1v) is 8.50. The Morgan fingerprint density at radius 3 is 2.57 bits per heavy atom. The molecular weight excluding hydrogens is 335 g/mol. The number of nitrogens with zero attached hydrogens (tertiary/aromatic N) is 1. The van der Waals surface area contributed by atoms with Crippen molar-refractivity contribution >= 4 is 40.7 Å². The summed E-state index contributed by atoms with van der Waals surface area (Å²) in [5.41, 5.74) is 0.555. The lowest BCUT2D eigenvalue weighted by atomic mass is 10.0. The van der Waals surface area contributed by atoms with Crippen molar-refractivity contribution in [3.63, 3.8) is 0 Å². The Morgan fingerprint density at radius 1 is 1.17 bits per heavy atom. The molecular formula is C17H18Cl2N2O2. The fourth-order valence-electron chi connectivity index (χ4n) is 3.19. The van der Waals surface area contributed by atoms with E-state index in [1.165, 1.54) is 0 Å². The second-order valence-electron chi connectivity index (χ2n) is 6.03. The van der Waals surface area contributed by atoms with Gasteiger partial charge < -0.3 is 10.2 Å². The second-order valence-corrected chi connectivity index (χ2v) is 6.91. The molecule has 1 aliphatic heterocycles. The monoisotopic (exact) mass is 352 g/mol. The summed E-state index contributed by atoms with van der Waals surface area (Å²) in [7, 11) is 0. The number of nitrogens with one attached hydrogen (secondary N) is 1. The van der Waals surface area contributed by atoms with Crippen LogP contribution in [0.15, 0.2) is 30.4 Å². The molecule has 0 bridgehead atoms. The molecule has 3 rings (SSSR count). The van der Waals surface area contributed by atoms with E-state index >= 15 is 0 Å². The number of rotatable bonds is 3. The molecule has 1 saturated heterocycles. The first kappa shape index (κ1) is 16.3. The lowest BCUT2D eigenvalue weighted by Crippen LogP contribution is -2.37. The predicted octanol–water partition coefficient (Wildman–Crippen LogP) is 3.89. The number of carbonyl (C=O) groups excluding carboxylic acids is 2. The summed E-state index contributed by atoms with van der Waals surface area (Å²) in [4.78, 5) is 26.5. The number of likely N-dealkylation sites (tertiary alicyclic amines) is 1. The number of benzene rings is 1. The van der Waals surface area contributed by atoms with Crippen LogP contribution in [0.4, 0.5) is 5.69 Å². The smallest absolute Gasteiger partial charge is 0.229 e. The topological polar surface area (TPSA) is 49.4 Å². The van der Waals surface area contributed by atoms with Crippen LogP contribution in [-0.4, -0.2) is 29.3 Å². The van der Waals surface area contributed by atoms with E-state index in [9.17, 15) is 9.59 Å². The average Bonchev–Trinajstić information content (AvgIpc) is 2.89. The van der Waals surface area contributed by atoms with E-state index in [4.69, 9.17) is 23.2 Å². The van der Waals surface area contributed by atoms with E-state index in [1.807, 2.05) is 4.90 Å². The molecule has 2 atom stereocenters. The summed E-state index contributed by atoms with van der Waals surface area (Å²) >= 11 is 11.9. The van der Waals surface area contributed by atoms with Gasteiger partial charge in [-0.05, 0) is 37.5 Å². The quantitative estimate of drug-likeness (QED) is 0.839. The van der Waals surface area contributed by atoms with Crippen LogP contribution < -0.4 is 5.32 Å². The first-order valence-electron chi connectivity index (χ1n) is 7.74. The van der Waals surface area contributed by atoms with Crippen LogP contribution in [0.5, 0.6) is 0 Å². The van der Waals surface area contributed by atoms with Gasteiger partial charge in [0.2, 0.25) is 11.8 Å². The van der Waals surface area contributed by atoms with Crippen LogP contribution in [0.25, 0.3) is 0 Å². The fraction of sp³-hybridized carbons (Fsp3) is 0.412. The maximum Gasteiger partial charge on any atom is 0.229 e. The molecule has 23 heavy (non-hydrogen) atoms. The minimum atomic E-state index is -0.328. The molecule has 2 amide bonds. The fourth-order valence-corrected chi connectivity index (χ4v) is 3.72. The molecule has 1 fully saturated rings. The lowest BCUT2D eigenvalue weighted by Gasteiger charge is -2.29. The maximum absolute atomic E-state index is 12.4. The summed E-state index contributed by atoms with van der Waals surface area (Å²) < 4.78 is 0. The number of anilines is 1. The third-order valence-electron chi connectivity index (χ3n) is 4.34. The highest BCUT2D eigenvalue weighted by atomic mass is 35.5. The van der Waals surface area contributed by atoms with Gasteiger partial charge in [0.05, 0.1) is 5.92 Å². The van der Waals surface area contributed by atoms with Crippen LogP contribution in [-0.2, 0) is 9.59 Å². The molecule has 0 spiro atoms. The number of halogens is 2.